The fraction of sp³-hybridized carbons (Fsp3) is 0. The van der Waals surface area contributed by atoms with Gasteiger partial charge in [-0.05, 0) is 0 Å². The van der Waals surface area contributed by atoms with Gasteiger partial charge in [-0.25, -0.2) is 10.8 Å². The van der Waals surface area contributed by atoms with Crippen molar-refractivity contribution in [1.82, 2.24) is 0 Å². The second kappa shape index (κ2) is 4.12. The quantitative estimate of drug-likeness (QED) is 0.245. The van der Waals surface area contributed by atoms with Crippen LogP contribution in [-0.2, 0) is 0 Å². The van der Waals surface area contributed by atoms with E-state index in [0.29, 0.717) is 0 Å². The van der Waals surface area contributed by atoms with Crippen molar-refractivity contribution in [3.8, 4) is 0 Å². The second-order valence-corrected chi connectivity index (χ2v) is 1.96. The average molecular weight is 116 g/mol. The van der Waals surface area contributed by atoms with Gasteiger partial charge >= 0.3 is 37.7 Å². The van der Waals surface area contributed by atoms with Crippen molar-refractivity contribution in [3.05, 3.63) is 36.4 Å². The fourth-order valence-corrected chi connectivity index (χ4v) is 1.01. The summed E-state index contributed by atoms with van der Waals surface area (Å²) in [5, 5.41) is 2.70. The molecule has 2 aromatic rings. The van der Waals surface area contributed by atoms with Crippen LogP contribution in [0.3, 0.4) is 0 Å². The van der Waals surface area contributed by atoms with E-state index in [1.54, 1.807) is 0 Å². The molecule has 10 heavy (non-hydrogen) atoms. The van der Waals surface area contributed by atoms with Crippen molar-refractivity contribution < 1.29 is 37.7 Å². The van der Waals surface area contributed by atoms with Crippen LogP contribution >= 0.6 is 0 Å². The molecular weight excluding hydrogens is 110 g/mol. The van der Waals surface area contributed by atoms with Crippen LogP contribution in [0.25, 0.3) is 10.8 Å². The van der Waals surface area contributed by atoms with Crippen molar-refractivity contribution in [2.45, 2.75) is 0 Å². The summed E-state index contributed by atoms with van der Waals surface area (Å²) in [6.45, 7) is 0. The van der Waals surface area contributed by atoms with Gasteiger partial charge in [0.1, 0.15) is 0 Å². The molecule has 0 amide bonds. The molecular formula is C8H6Li2. The summed E-state index contributed by atoms with van der Waals surface area (Å²) in [5.41, 5.74) is 0. The SMILES string of the molecule is [Li+].[Li+].c1cc2[cH-]ccc2[cH-]1. The molecule has 0 saturated carbocycles. The van der Waals surface area contributed by atoms with Crippen LogP contribution in [0.5, 0.6) is 0 Å². The Morgan fingerprint density at radius 2 is 1.20 bits per heavy atom. The van der Waals surface area contributed by atoms with Crippen molar-refractivity contribution in [2.24, 2.45) is 0 Å². The zero-order chi connectivity index (χ0) is 5.40. The number of fused-ring (bicyclic) bond motifs is 1. The standard InChI is InChI=1S/C8H6.2Li/c1-3-7-5-2-6-8(7)4-1;;/h1-6H;;/q-2;2*+1. The van der Waals surface area contributed by atoms with Crippen LogP contribution in [0.4, 0.5) is 0 Å². The van der Waals surface area contributed by atoms with Gasteiger partial charge < -0.3 is 0 Å². The summed E-state index contributed by atoms with van der Waals surface area (Å²) >= 11 is 0. The number of hydrogen-bond donors (Lipinski definition) is 0. The van der Waals surface area contributed by atoms with Crippen molar-refractivity contribution in [2.75, 3.05) is 0 Å². The number of rotatable bonds is 0. The molecule has 2 heteroatoms. The topological polar surface area (TPSA) is 0 Å². The van der Waals surface area contributed by atoms with E-state index in [1.165, 1.54) is 10.8 Å². The maximum absolute atomic E-state index is 2.12. The first kappa shape index (κ1) is 10.2. The maximum Gasteiger partial charge on any atom is 1.00 e. The van der Waals surface area contributed by atoms with Crippen molar-refractivity contribution in [3.63, 3.8) is 0 Å². The molecule has 40 valence electrons. The normalized spacial score (nSPS) is 8.40. The molecule has 0 aromatic heterocycles. The molecule has 0 bridgehead atoms. The van der Waals surface area contributed by atoms with Gasteiger partial charge in [-0.2, -0.15) is 36.4 Å². The largest absolute Gasteiger partial charge is 1.00 e. The summed E-state index contributed by atoms with van der Waals surface area (Å²) < 4.78 is 0. The Labute approximate surface area is 84.7 Å². The van der Waals surface area contributed by atoms with E-state index in [1.807, 2.05) is 0 Å². The first-order chi connectivity index (χ1) is 3.97. The Kier molecular flexibility index (Phi) is 4.18. The third-order valence-electron chi connectivity index (χ3n) is 1.44. The van der Waals surface area contributed by atoms with Gasteiger partial charge in [-0.3, -0.25) is 0 Å². The Bertz CT molecular complexity index is 229. The van der Waals surface area contributed by atoms with E-state index in [4.69, 9.17) is 0 Å². The summed E-state index contributed by atoms with van der Waals surface area (Å²) in [4.78, 5) is 0. The van der Waals surface area contributed by atoms with Crippen LogP contribution < -0.4 is 37.7 Å². The molecule has 0 aliphatic heterocycles. The molecule has 0 radical (unpaired) electrons. The molecule has 0 atom stereocenters. The number of hydrogen-bond acceptors (Lipinski definition) is 0. The van der Waals surface area contributed by atoms with Gasteiger partial charge in [0, 0.05) is 0 Å². The molecule has 0 unspecified atom stereocenters. The summed E-state index contributed by atoms with van der Waals surface area (Å²) in [5.74, 6) is 0. The predicted octanol–water partition coefficient (Wildman–Crippen LogP) is -3.71. The van der Waals surface area contributed by atoms with E-state index in [9.17, 15) is 0 Å². The van der Waals surface area contributed by atoms with Crippen molar-refractivity contribution in [1.29, 1.82) is 0 Å². The van der Waals surface area contributed by atoms with Crippen LogP contribution in [0.15, 0.2) is 36.4 Å². The molecule has 0 N–H and O–H groups in total. The Balaban J connectivity index is 0.000000405. The summed E-state index contributed by atoms with van der Waals surface area (Å²) in [6.07, 6.45) is 0. The first-order valence-electron chi connectivity index (χ1n) is 2.74. The molecule has 0 saturated heterocycles. The van der Waals surface area contributed by atoms with E-state index >= 15 is 0 Å². The second-order valence-electron chi connectivity index (χ2n) is 1.96. The van der Waals surface area contributed by atoms with Gasteiger partial charge in [0.15, 0.2) is 0 Å². The molecule has 0 aliphatic carbocycles. The van der Waals surface area contributed by atoms with E-state index in [-0.39, 0.29) is 37.7 Å². The Morgan fingerprint density at radius 1 is 0.800 bits per heavy atom. The van der Waals surface area contributed by atoms with E-state index < -0.39 is 0 Å². The summed E-state index contributed by atoms with van der Waals surface area (Å²) in [7, 11) is 0. The smallest absolute Gasteiger partial charge is 0.224 e. The molecule has 2 rings (SSSR count). The average Bonchev–Trinajstić information content (AvgIpc) is 2.15. The molecule has 0 fully saturated rings. The van der Waals surface area contributed by atoms with Gasteiger partial charge in [-0.15, -0.1) is 0 Å². The third kappa shape index (κ3) is 1.60. The molecule has 0 spiro atoms. The minimum absolute atomic E-state index is 0. The van der Waals surface area contributed by atoms with Crippen molar-refractivity contribution >= 4 is 10.8 Å². The molecule has 2 aromatic carbocycles. The minimum Gasteiger partial charge on any atom is -0.224 e. The zero-order valence-electron chi connectivity index (χ0n) is 6.46. The Hall–Kier alpha value is 0.155. The first-order valence-corrected chi connectivity index (χ1v) is 2.74. The summed E-state index contributed by atoms with van der Waals surface area (Å²) in [6, 6.07) is 12.6. The minimum atomic E-state index is 0. The molecule has 0 nitrogen and oxygen atoms in total. The zero-order valence-corrected chi connectivity index (χ0v) is 6.46. The van der Waals surface area contributed by atoms with Gasteiger partial charge in [-0.1, -0.05) is 0 Å². The fourth-order valence-electron chi connectivity index (χ4n) is 1.01. The van der Waals surface area contributed by atoms with Crippen LogP contribution in [0, 0.1) is 0 Å². The molecule has 0 heterocycles. The monoisotopic (exact) mass is 116 g/mol. The predicted molar refractivity (Wildman–Crippen MR) is 35.1 cm³/mol. The Morgan fingerprint density at radius 3 is 1.60 bits per heavy atom. The van der Waals surface area contributed by atoms with E-state index in [2.05, 4.69) is 36.4 Å². The van der Waals surface area contributed by atoms with E-state index in [0.717, 1.165) is 0 Å². The molecule has 0 aliphatic rings. The van der Waals surface area contributed by atoms with Crippen LogP contribution in [-0.4, -0.2) is 0 Å². The maximum atomic E-state index is 2.12. The van der Waals surface area contributed by atoms with Gasteiger partial charge in [0.2, 0.25) is 0 Å². The van der Waals surface area contributed by atoms with Gasteiger partial charge in [0.25, 0.3) is 0 Å². The van der Waals surface area contributed by atoms with Gasteiger partial charge in [0.05, 0.1) is 0 Å². The van der Waals surface area contributed by atoms with Crippen LogP contribution in [0.2, 0.25) is 0 Å². The van der Waals surface area contributed by atoms with Crippen LogP contribution in [0.1, 0.15) is 0 Å². The third-order valence-corrected chi connectivity index (χ3v) is 1.44.